The zero-order chi connectivity index (χ0) is 15.4. The lowest BCUT2D eigenvalue weighted by Gasteiger charge is -2.15. The van der Waals surface area contributed by atoms with Crippen molar-refractivity contribution in [2.24, 2.45) is 0 Å². The first-order valence-corrected chi connectivity index (χ1v) is 6.88. The van der Waals surface area contributed by atoms with Crippen LogP contribution in [0.1, 0.15) is 12.7 Å². The molecular weight excluding hydrogens is 348 g/mol. The summed E-state index contributed by atoms with van der Waals surface area (Å²) in [5.41, 5.74) is 0. The Morgan fingerprint density at radius 3 is 2.90 bits per heavy atom. The number of nitrogens with one attached hydrogen (secondary N) is 1. The van der Waals surface area contributed by atoms with Crippen molar-refractivity contribution in [3.8, 4) is 5.75 Å². The van der Waals surface area contributed by atoms with Gasteiger partial charge < -0.3 is 14.5 Å². The largest absolute Gasteiger partial charge is 0.478 e. The van der Waals surface area contributed by atoms with E-state index in [9.17, 15) is 13.6 Å². The molecule has 7 heteroatoms. The summed E-state index contributed by atoms with van der Waals surface area (Å²) in [4.78, 5) is 11.8. The van der Waals surface area contributed by atoms with Gasteiger partial charge in [-0.1, -0.05) is 15.9 Å². The highest BCUT2D eigenvalue weighted by Crippen LogP contribution is 2.26. The quantitative estimate of drug-likeness (QED) is 0.832. The van der Waals surface area contributed by atoms with E-state index in [0.717, 1.165) is 6.07 Å². The second-order valence-electron chi connectivity index (χ2n) is 4.26. The fraction of sp³-hybridized carbons (Fsp3) is 0.214. The molecule has 1 aromatic carbocycles. The van der Waals surface area contributed by atoms with E-state index in [4.69, 9.17) is 9.15 Å². The molecule has 0 saturated carbocycles. The zero-order valence-electron chi connectivity index (χ0n) is 11.0. The van der Waals surface area contributed by atoms with Crippen LogP contribution in [0, 0.1) is 11.6 Å². The van der Waals surface area contributed by atoms with Crippen molar-refractivity contribution in [3.05, 3.63) is 52.4 Å². The van der Waals surface area contributed by atoms with Gasteiger partial charge >= 0.3 is 0 Å². The molecule has 0 spiro atoms. The third-order valence-corrected chi connectivity index (χ3v) is 3.11. The minimum absolute atomic E-state index is 0.189. The summed E-state index contributed by atoms with van der Waals surface area (Å²) < 4.78 is 37.3. The summed E-state index contributed by atoms with van der Waals surface area (Å²) in [6, 6.07) is 5.63. The molecule has 0 radical (unpaired) electrons. The summed E-state index contributed by atoms with van der Waals surface area (Å²) in [6.45, 7) is 1.63. The van der Waals surface area contributed by atoms with Gasteiger partial charge in [0, 0.05) is 4.47 Å². The van der Waals surface area contributed by atoms with Gasteiger partial charge in [-0.3, -0.25) is 4.79 Å². The maximum atomic E-state index is 13.5. The van der Waals surface area contributed by atoms with E-state index >= 15 is 0 Å². The topological polar surface area (TPSA) is 51.5 Å². The smallest absolute Gasteiger partial charge is 0.261 e. The van der Waals surface area contributed by atoms with Crippen LogP contribution in [0.2, 0.25) is 0 Å². The fourth-order valence-electron chi connectivity index (χ4n) is 1.59. The molecule has 1 atom stereocenters. The van der Waals surface area contributed by atoms with Gasteiger partial charge in [0.05, 0.1) is 12.8 Å². The lowest BCUT2D eigenvalue weighted by atomic mass is 10.3. The molecule has 0 saturated heterocycles. The second-order valence-corrected chi connectivity index (χ2v) is 5.17. The highest BCUT2D eigenvalue weighted by molar-refractivity contribution is 9.10. The Morgan fingerprint density at radius 2 is 2.24 bits per heavy atom. The van der Waals surface area contributed by atoms with Crippen LogP contribution >= 0.6 is 15.9 Å². The number of hydrogen-bond acceptors (Lipinski definition) is 3. The number of amides is 1. The average Bonchev–Trinajstić information content (AvgIpc) is 2.94. The highest BCUT2D eigenvalue weighted by Gasteiger charge is 2.19. The number of carbonyl (C=O) groups excluding carboxylic acids is 1. The lowest BCUT2D eigenvalue weighted by Crippen LogP contribution is -2.36. The number of furan rings is 1. The molecule has 1 unspecified atom stereocenters. The zero-order valence-corrected chi connectivity index (χ0v) is 12.6. The molecule has 0 fully saturated rings. The van der Waals surface area contributed by atoms with Gasteiger partial charge in [0.25, 0.3) is 5.91 Å². The maximum absolute atomic E-state index is 13.5. The molecule has 2 rings (SSSR count). The number of benzene rings is 1. The van der Waals surface area contributed by atoms with Gasteiger partial charge in [-0.15, -0.1) is 0 Å². The SMILES string of the molecule is CC(Oc1cc(Br)cc(F)c1F)C(=O)NCc1ccco1. The summed E-state index contributed by atoms with van der Waals surface area (Å²) in [5.74, 6) is -2.41. The monoisotopic (exact) mass is 359 g/mol. The minimum atomic E-state index is -1.14. The van der Waals surface area contributed by atoms with Gasteiger partial charge in [-0.05, 0) is 31.2 Å². The van der Waals surface area contributed by atoms with Gasteiger partial charge in [-0.2, -0.15) is 4.39 Å². The summed E-state index contributed by atoms with van der Waals surface area (Å²) in [7, 11) is 0. The van der Waals surface area contributed by atoms with Crippen molar-refractivity contribution >= 4 is 21.8 Å². The molecule has 0 bridgehead atoms. The molecule has 1 N–H and O–H groups in total. The number of halogens is 3. The molecule has 4 nitrogen and oxygen atoms in total. The predicted molar refractivity (Wildman–Crippen MR) is 74.7 cm³/mol. The first-order valence-electron chi connectivity index (χ1n) is 6.08. The van der Waals surface area contributed by atoms with Crippen LogP contribution in [0.3, 0.4) is 0 Å². The molecule has 0 aliphatic rings. The molecule has 1 heterocycles. The highest BCUT2D eigenvalue weighted by atomic mass is 79.9. The van der Waals surface area contributed by atoms with Crippen molar-refractivity contribution in [1.29, 1.82) is 0 Å². The standard InChI is InChI=1S/C14H12BrF2NO3/c1-8(14(19)18-7-10-3-2-4-20-10)21-12-6-9(15)5-11(16)13(12)17/h2-6,8H,7H2,1H3,(H,18,19). The Balaban J connectivity index is 1.97. The summed E-state index contributed by atoms with van der Waals surface area (Å²) >= 11 is 3.03. The van der Waals surface area contributed by atoms with Crippen LogP contribution in [-0.2, 0) is 11.3 Å². The van der Waals surface area contributed by atoms with Crippen LogP contribution in [0.4, 0.5) is 8.78 Å². The van der Waals surface area contributed by atoms with Gasteiger partial charge in [0.15, 0.2) is 17.7 Å². The third-order valence-electron chi connectivity index (χ3n) is 2.65. The van der Waals surface area contributed by atoms with Gasteiger partial charge in [0.2, 0.25) is 5.82 Å². The summed E-state index contributed by atoms with van der Waals surface area (Å²) in [5, 5.41) is 2.57. The Labute approximate surface area is 128 Å². The van der Waals surface area contributed by atoms with Crippen molar-refractivity contribution in [3.63, 3.8) is 0 Å². The van der Waals surface area contributed by atoms with Crippen molar-refractivity contribution < 1.29 is 22.7 Å². The van der Waals surface area contributed by atoms with Gasteiger partial charge in [-0.25, -0.2) is 4.39 Å². The molecule has 0 aliphatic heterocycles. The van der Waals surface area contributed by atoms with E-state index in [-0.39, 0.29) is 12.3 Å². The Hall–Kier alpha value is -1.89. The first-order chi connectivity index (χ1) is 9.97. The molecule has 2 aromatic rings. The van der Waals surface area contributed by atoms with E-state index < -0.39 is 23.6 Å². The molecule has 0 aliphatic carbocycles. The van der Waals surface area contributed by atoms with E-state index in [1.54, 1.807) is 12.1 Å². The van der Waals surface area contributed by atoms with Crippen LogP contribution in [0.5, 0.6) is 5.75 Å². The van der Waals surface area contributed by atoms with Crippen molar-refractivity contribution in [1.82, 2.24) is 5.32 Å². The molecule has 1 amide bonds. The summed E-state index contributed by atoms with van der Waals surface area (Å²) in [6.07, 6.45) is 0.504. The van der Waals surface area contributed by atoms with Crippen LogP contribution in [-0.4, -0.2) is 12.0 Å². The van der Waals surface area contributed by atoms with Crippen LogP contribution in [0.25, 0.3) is 0 Å². The lowest BCUT2D eigenvalue weighted by molar-refractivity contribution is -0.127. The number of rotatable bonds is 5. The molecule has 112 valence electrons. The Kier molecular flexibility index (Phi) is 4.95. The predicted octanol–water partition coefficient (Wildman–Crippen LogP) is 3.40. The maximum Gasteiger partial charge on any atom is 0.261 e. The van der Waals surface area contributed by atoms with E-state index in [2.05, 4.69) is 21.2 Å². The Morgan fingerprint density at radius 1 is 1.48 bits per heavy atom. The number of carbonyl (C=O) groups is 1. The van der Waals surface area contributed by atoms with E-state index in [1.807, 2.05) is 0 Å². The minimum Gasteiger partial charge on any atom is -0.478 e. The van der Waals surface area contributed by atoms with E-state index in [0.29, 0.717) is 10.2 Å². The van der Waals surface area contributed by atoms with Crippen molar-refractivity contribution in [2.75, 3.05) is 0 Å². The number of hydrogen-bond donors (Lipinski definition) is 1. The second kappa shape index (κ2) is 6.71. The van der Waals surface area contributed by atoms with Gasteiger partial charge in [0.1, 0.15) is 5.76 Å². The molecule has 1 aromatic heterocycles. The van der Waals surface area contributed by atoms with E-state index in [1.165, 1.54) is 19.3 Å². The first kappa shape index (κ1) is 15.5. The number of ether oxygens (including phenoxy) is 1. The van der Waals surface area contributed by atoms with Crippen LogP contribution < -0.4 is 10.1 Å². The third kappa shape index (κ3) is 4.04. The Bertz CT molecular complexity index is 631. The molecule has 21 heavy (non-hydrogen) atoms. The fourth-order valence-corrected chi connectivity index (χ4v) is 2.00. The van der Waals surface area contributed by atoms with Crippen LogP contribution in [0.15, 0.2) is 39.4 Å². The van der Waals surface area contributed by atoms with Crippen molar-refractivity contribution in [2.45, 2.75) is 19.6 Å². The molecular formula is C14H12BrF2NO3. The normalized spacial score (nSPS) is 12.0. The average molecular weight is 360 g/mol.